The lowest BCUT2D eigenvalue weighted by atomic mass is 9.89. The molecule has 4 heteroatoms. The lowest BCUT2D eigenvalue weighted by Crippen LogP contribution is -2.51. The summed E-state index contributed by atoms with van der Waals surface area (Å²) in [7, 11) is 4.02. The molecule has 0 radical (unpaired) electrons. The van der Waals surface area contributed by atoms with Gasteiger partial charge in [0.15, 0.2) is 0 Å². The summed E-state index contributed by atoms with van der Waals surface area (Å²) in [4.78, 5) is 16.6. The average Bonchev–Trinajstić information content (AvgIpc) is 2.75. The normalized spacial score (nSPS) is 34.9. The Morgan fingerprint density at radius 2 is 2.00 bits per heavy atom. The predicted molar refractivity (Wildman–Crippen MR) is 68.6 cm³/mol. The number of hydrogen-bond acceptors (Lipinski definition) is 3. The summed E-state index contributed by atoms with van der Waals surface area (Å²) in [6, 6.07) is 0.444. The zero-order valence-corrected chi connectivity index (χ0v) is 11.1. The fraction of sp³-hybridized carbons (Fsp3) is 0.923. The van der Waals surface area contributed by atoms with Gasteiger partial charge in [0.25, 0.3) is 0 Å². The SMILES string of the molecule is CN1CC[C@@H](C(=O)N(C)[C@H]2CCCC[C@@H]2N)C1. The average molecular weight is 239 g/mol. The fourth-order valence-electron chi connectivity index (χ4n) is 3.21. The number of nitrogens with two attached hydrogens (primary N) is 1. The summed E-state index contributed by atoms with van der Waals surface area (Å²) in [6.45, 7) is 1.95. The molecule has 1 saturated carbocycles. The molecule has 1 heterocycles. The molecule has 17 heavy (non-hydrogen) atoms. The maximum atomic E-state index is 12.4. The number of rotatable bonds is 2. The van der Waals surface area contributed by atoms with Gasteiger partial charge >= 0.3 is 0 Å². The summed E-state index contributed by atoms with van der Waals surface area (Å²) >= 11 is 0. The Hall–Kier alpha value is -0.610. The van der Waals surface area contributed by atoms with Crippen LogP contribution in [0.1, 0.15) is 32.1 Å². The molecule has 0 aromatic heterocycles. The summed E-state index contributed by atoms with van der Waals surface area (Å²) < 4.78 is 0. The van der Waals surface area contributed by atoms with Crippen LogP contribution < -0.4 is 5.73 Å². The molecule has 0 aromatic rings. The molecular formula is C13H25N3O. The van der Waals surface area contributed by atoms with E-state index in [1.807, 2.05) is 11.9 Å². The van der Waals surface area contributed by atoms with Crippen LogP contribution in [0.25, 0.3) is 0 Å². The second-order valence-electron chi connectivity index (χ2n) is 5.71. The third-order valence-electron chi connectivity index (χ3n) is 4.37. The van der Waals surface area contributed by atoms with Crippen molar-refractivity contribution in [2.24, 2.45) is 11.7 Å². The molecular weight excluding hydrogens is 214 g/mol. The highest BCUT2D eigenvalue weighted by Crippen LogP contribution is 2.24. The summed E-state index contributed by atoms with van der Waals surface area (Å²) in [5.74, 6) is 0.496. The first-order chi connectivity index (χ1) is 8.09. The van der Waals surface area contributed by atoms with Crippen LogP contribution in [-0.4, -0.2) is 55.0 Å². The van der Waals surface area contributed by atoms with Crippen molar-refractivity contribution in [1.82, 2.24) is 9.80 Å². The zero-order chi connectivity index (χ0) is 12.4. The van der Waals surface area contributed by atoms with E-state index in [0.29, 0.717) is 5.91 Å². The zero-order valence-electron chi connectivity index (χ0n) is 11.1. The van der Waals surface area contributed by atoms with E-state index >= 15 is 0 Å². The van der Waals surface area contributed by atoms with E-state index in [2.05, 4.69) is 11.9 Å². The number of hydrogen-bond donors (Lipinski definition) is 1. The Labute approximate surface area is 104 Å². The van der Waals surface area contributed by atoms with Gasteiger partial charge in [-0.15, -0.1) is 0 Å². The van der Waals surface area contributed by atoms with Gasteiger partial charge in [-0.25, -0.2) is 0 Å². The van der Waals surface area contributed by atoms with E-state index in [-0.39, 0.29) is 18.0 Å². The summed E-state index contributed by atoms with van der Waals surface area (Å²) in [6.07, 6.45) is 5.56. The van der Waals surface area contributed by atoms with Crippen LogP contribution in [0.2, 0.25) is 0 Å². The maximum Gasteiger partial charge on any atom is 0.227 e. The highest BCUT2D eigenvalue weighted by molar-refractivity contribution is 5.79. The van der Waals surface area contributed by atoms with Crippen molar-refractivity contribution in [2.45, 2.75) is 44.2 Å². The van der Waals surface area contributed by atoms with Crippen molar-refractivity contribution in [2.75, 3.05) is 27.2 Å². The highest BCUT2D eigenvalue weighted by atomic mass is 16.2. The van der Waals surface area contributed by atoms with Crippen LogP contribution in [0.4, 0.5) is 0 Å². The van der Waals surface area contributed by atoms with Crippen LogP contribution in [0.5, 0.6) is 0 Å². The Kier molecular flexibility index (Phi) is 4.05. The Morgan fingerprint density at radius 3 is 2.59 bits per heavy atom. The second kappa shape index (κ2) is 5.36. The number of amides is 1. The molecule has 1 aliphatic heterocycles. The molecule has 1 amide bonds. The molecule has 0 spiro atoms. The lowest BCUT2D eigenvalue weighted by Gasteiger charge is -2.37. The lowest BCUT2D eigenvalue weighted by molar-refractivity contribution is -0.136. The molecule has 0 bridgehead atoms. The van der Waals surface area contributed by atoms with Gasteiger partial charge in [-0.1, -0.05) is 12.8 Å². The predicted octanol–water partition coefficient (Wildman–Crippen LogP) is 0.666. The van der Waals surface area contributed by atoms with Crippen LogP contribution >= 0.6 is 0 Å². The first kappa shape index (κ1) is 12.8. The largest absolute Gasteiger partial charge is 0.341 e. The molecule has 1 saturated heterocycles. The topological polar surface area (TPSA) is 49.6 Å². The maximum absolute atomic E-state index is 12.4. The quantitative estimate of drug-likeness (QED) is 0.770. The number of nitrogens with zero attached hydrogens (tertiary/aromatic N) is 2. The van der Waals surface area contributed by atoms with Crippen LogP contribution in [0, 0.1) is 5.92 Å². The number of likely N-dealkylation sites (N-methyl/N-ethyl adjacent to an activating group) is 1. The third-order valence-corrected chi connectivity index (χ3v) is 4.37. The standard InChI is InChI=1S/C13H25N3O/c1-15-8-7-10(9-15)13(17)16(2)12-6-4-3-5-11(12)14/h10-12H,3-9,14H2,1-2H3/t10-,11+,12+/m1/s1. The number of carbonyl (C=O) groups excluding carboxylic acids is 1. The van der Waals surface area contributed by atoms with Gasteiger partial charge in [0, 0.05) is 25.7 Å². The van der Waals surface area contributed by atoms with Gasteiger partial charge in [0.1, 0.15) is 0 Å². The minimum atomic E-state index is 0.178. The molecule has 2 aliphatic rings. The minimum absolute atomic E-state index is 0.178. The summed E-state index contributed by atoms with van der Waals surface area (Å²) in [5, 5.41) is 0. The molecule has 2 fully saturated rings. The molecule has 3 atom stereocenters. The van der Waals surface area contributed by atoms with Crippen LogP contribution in [0.15, 0.2) is 0 Å². The Balaban J connectivity index is 1.94. The first-order valence-corrected chi connectivity index (χ1v) is 6.80. The van der Waals surface area contributed by atoms with Crippen molar-refractivity contribution in [3.63, 3.8) is 0 Å². The molecule has 1 aliphatic carbocycles. The molecule has 2 N–H and O–H groups in total. The first-order valence-electron chi connectivity index (χ1n) is 6.80. The highest BCUT2D eigenvalue weighted by Gasteiger charge is 2.34. The van der Waals surface area contributed by atoms with E-state index in [9.17, 15) is 4.79 Å². The van der Waals surface area contributed by atoms with Crippen molar-refractivity contribution in [3.05, 3.63) is 0 Å². The fourth-order valence-corrected chi connectivity index (χ4v) is 3.21. The third kappa shape index (κ3) is 2.80. The monoisotopic (exact) mass is 239 g/mol. The van der Waals surface area contributed by atoms with Crippen molar-refractivity contribution < 1.29 is 4.79 Å². The van der Waals surface area contributed by atoms with E-state index in [1.54, 1.807) is 0 Å². The van der Waals surface area contributed by atoms with Gasteiger partial charge in [0.05, 0.1) is 5.92 Å². The van der Waals surface area contributed by atoms with Gasteiger partial charge in [-0.3, -0.25) is 4.79 Å². The van der Waals surface area contributed by atoms with Crippen LogP contribution in [0.3, 0.4) is 0 Å². The summed E-state index contributed by atoms with van der Waals surface area (Å²) in [5.41, 5.74) is 6.14. The van der Waals surface area contributed by atoms with Crippen molar-refractivity contribution in [3.8, 4) is 0 Å². The molecule has 98 valence electrons. The smallest absolute Gasteiger partial charge is 0.227 e. The molecule has 0 aromatic carbocycles. The van der Waals surface area contributed by atoms with E-state index in [0.717, 1.165) is 32.4 Å². The Morgan fingerprint density at radius 1 is 1.29 bits per heavy atom. The molecule has 0 unspecified atom stereocenters. The Bertz CT molecular complexity index is 282. The number of carbonyl (C=O) groups is 1. The van der Waals surface area contributed by atoms with Gasteiger partial charge in [-0.05, 0) is 32.9 Å². The van der Waals surface area contributed by atoms with E-state index < -0.39 is 0 Å². The van der Waals surface area contributed by atoms with Gasteiger partial charge in [-0.2, -0.15) is 0 Å². The number of likely N-dealkylation sites (tertiary alicyclic amines) is 1. The second-order valence-corrected chi connectivity index (χ2v) is 5.71. The minimum Gasteiger partial charge on any atom is -0.341 e. The van der Waals surface area contributed by atoms with E-state index in [4.69, 9.17) is 5.73 Å². The molecule has 2 rings (SSSR count). The molecule has 4 nitrogen and oxygen atoms in total. The van der Waals surface area contributed by atoms with Crippen LogP contribution in [-0.2, 0) is 4.79 Å². The van der Waals surface area contributed by atoms with E-state index in [1.165, 1.54) is 12.8 Å². The van der Waals surface area contributed by atoms with Gasteiger partial charge < -0.3 is 15.5 Å². The van der Waals surface area contributed by atoms with Crippen molar-refractivity contribution in [1.29, 1.82) is 0 Å². The van der Waals surface area contributed by atoms with Gasteiger partial charge in [0.2, 0.25) is 5.91 Å². The van der Waals surface area contributed by atoms with Crippen molar-refractivity contribution >= 4 is 5.91 Å².